The van der Waals surface area contributed by atoms with Crippen LogP contribution < -0.4 is 10.0 Å². The highest BCUT2D eigenvalue weighted by molar-refractivity contribution is 7.92. The molecule has 0 unspecified atom stereocenters. The summed E-state index contributed by atoms with van der Waals surface area (Å²) < 4.78 is 25.3. The van der Waals surface area contributed by atoms with Crippen molar-refractivity contribution in [1.29, 1.82) is 0 Å². The zero-order chi connectivity index (χ0) is 18.7. The first-order chi connectivity index (χ1) is 12.3. The largest absolute Gasteiger partial charge is 0.302 e. The van der Waals surface area contributed by atoms with E-state index in [9.17, 15) is 13.2 Å². The predicted molar refractivity (Wildman–Crippen MR) is 107 cm³/mol. The van der Waals surface area contributed by atoms with Crippen LogP contribution in [0, 0.1) is 6.92 Å². The summed E-state index contributed by atoms with van der Waals surface area (Å²) in [6.45, 7) is 2.03. The Labute approximate surface area is 160 Å². The van der Waals surface area contributed by atoms with Crippen LogP contribution in [0.25, 0.3) is 10.6 Å². The van der Waals surface area contributed by atoms with Crippen LogP contribution in [0.15, 0.2) is 41.8 Å². The van der Waals surface area contributed by atoms with E-state index >= 15 is 0 Å². The lowest BCUT2D eigenvalue weighted by molar-refractivity contribution is -0.115. The number of aryl methyl sites for hydroxylation is 1. The quantitative estimate of drug-likeness (QED) is 0.652. The molecule has 3 rings (SSSR count). The summed E-state index contributed by atoms with van der Waals surface area (Å²) in [6, 6.07) is 10.9. The zero-order valence-corrected chi connectivity index (χ0v) is 16.6. The van der Waals surface area contributed by atoms with Crippen LogP contribution >= 0.6 is 22.7 Å². The van der Waals surface area contributed by atoms with Crippen LogP contribution in [0.5, 0.6) is 0 Å². The fraction of sp³-hybridized carbons (Fsp3) is 0.176. The lowest BCUT2D eigenvalue weighted by Gasteiger charge is -2.10. The lowest BCUT2D eigenvalue weighted by atomic mass is 10.1. The van der Waals surface area contributed by atoms with Crippen LogP contribution in [0.4, 0.5) is 10.8 Å². The number of nitrogens with zero attached hydrogens (tertiary/aromatic N) is 1. The molecule has 0 aliphatic rings. The van der Waals surface area contributed by atoms with Gasteiger partial charge < -0.3 is 5.32 Å². The number of rotatable bonds is 6. The number of carbonyl (C=O) groups is 1. The molecule has 1 aromatic carbocycles. The summed E-state index contributed by atoms with van der Waals surface area (Å²) in [5.74, 6) is -0.254. The number of hydrogen-bond acceptors (Lipinski definition) is 6. The van der Waals surface area contributed by atoms with E-state index < -0.39 is 10.0 Å². The second-order valence-corrected chi connectivity index (χ2v) is 9.60. The molecule has 136 valence electrons. The lowest BCUT2D eigenvalue weighted by Crippen LogP contribution is -2.17. The molecule has 0 spiro atoms. The summed E-state index contributed by atoms with van der Waals surface area (Å²) in [6.07, 6.45) is 1.12. The number of thiophene rings is 1. The number of amides is 1. The molecular formula is C17H17N3O3S3. The number of carbonyl (C=O) groups excluding carboxylic acids is 1. The molecule has 2 N–H and O–H groups in total. The van der Waals surface area contributed by atoms with Gasteiger partial charge in [-0.1, -0.05) is 18.2 Å². The molecule has 3 aromatic rings. The van der Waals surface area contributed by atoms with E-state index in [1.807, 2.05) is 24.4 Å². The molecule has 1 amide bonds. The third-order valence-electron chi connectivity index (χ3n) is 3.41. The number of benzene rings is 1. The first-order valence-electron chi connectivity index (χ1n) is 7.68. The first-order valence-corrected chi connectivity index (χ1v) is 11.3. The van der Waals surface area contributed by atoms with Gasteiger partial charge in [0.2, 0.25) is 15.9 Å². The van der Waals surface area contributed by atoms with Gasteiger partial charge in [-0.15, -0.1) is 22.7 Å². The molecule has 6 nitrogen and oxygen atoms in total. The van der Waals surface area contributed by atoms with E-state index in [2.05, 4.69) is 15.0 Å². The number of sulfonamides is 1. The van der Waals surface area contributed by atoms with E-state index in [1.165, 1.54) is 16.2 Å². The van der Waals surface area contributed by atoms with Crippen molar-refractivity contribution in [3.05, 3.63) is 52.2 Å². The van der Waals surface area contributed by atoms with E-state index in [1.54, 1.807) is 35.6 Å². The third-order valence-corrected chi connectivity index (χ3v) is 5.78. The summed E-state index contributed by atoms with van der Waals surface area (Å²) in [5, 5.41) is 5.19. The fourth-order valence-corrected chi connectivity index (χ4v) is 4.55. The van der Waals surface area contributed by atoms with Gasteiger partial charge in [-0.2, -0.15) is 0 Å². The maximum atomic E-state index is 12.3. The maximum Gasteiger partial charge on any atom is 0.230 e. The van der Waals surface area contributed by atoms with E-state index in [0.717, 1.165) is 16.8 Å². The maximum absolute atomic E-state index is 12.3. The van der Waals surface area contributed by atoms with Crippen molar-refractivity contribution in [3.8, 4) is 10.6 Å². The molecule has 0 fully saturated rings. The molecule has 2 heterocycles. The third kappa shape index (κ3) is 4.90. The SMILES string of the molecule is Cc1ccc(-c2csc(NC(=O)Cc3ccccc3NS(C)(=O)=O)n2)s1. The average molecular weight is 408 g/mol. The number of aromatic nitrogens is 1. The predicted octanol–water partition coefficient (Wildman–Crippen LogP) is 3.73. The van der Waals surface area contributed by atoms with Gasteiger partial charge in [0, 0.05) is 10.3 Å². The summed E-state index contributed by atoms with van der Waals surface area (Å²) in [4.78, 5) is 19.0. The second kappa shape index (κ2) is 7.56. The average Bonchev–Trinajstić information content (AvgIpc) is 3.17. The molecule has 0 aliphatic heterocycles. The Hall–Kier alpha value is -2.23. The van der Waals surface area contributed by atoms with Crippen LogP contribution in [-0.4, -0.2) is 25.6 Å². The van der Waals surface area contributed by atoms with Crippen molar-refractivity contribution >= 4 is 49.4 Å². The van der Waals surface area contributed by atoms with Crippen molar-refractivity contribution in [1.82, 2.24) is 4.98 Å². The van der Waals surface area contributed by atoms with Gasteiger partial charge in [0.25, 0.3) is 0 Å². The minimum absolute atomic E-state index is 0.0473. The van der Waals surface area contributed by atoms with E-state index in [-0.39, 0.29) is 12.3 Å². The topological polar surface area (TPSA) is 88.2 Å². The molecule has 0 radical (unpaired) electrons. The smallest absolute Gasteiger partial charge is 0.230 e. The molecule has 0 bridgehead atoms. The van der Waals surface area contributed by atoms with E-state index in [0.29, 0.717) is 16.4 Å². The Kier molecular flexibility index (Phi) is 5.40. The molecule has 2 aromatic heterocycles. The molecule has 0 atom stereocenters. The summed E-state index contributed by atoms with van der Waals surface area (Å²) in [5.41, 5.74) is 1.84. The highest BCUT2D eigenvalue weighted by Crippen LogP contribution is 2.30. The molecule has 0 saturated heterocycles. The first kappa shape index (κ1) is 18.6. The minimum atomic E-state index is -3.41. The van der Waals surface area contributed by atoms with Gasteiger partial charge in [-0.3, -0.25) is 9.52 Å². The summed E-state index contributed by atoms with van der Waals surface area (Å²) in [7, 11) is -3.41. The van der Waals surface area contributed by atoms with Gasteiger partial charge >= 0.3 is 0 Å². The number of anilines is 2. The zero-order valence-electron chi connectivity index (χ0n) is 14.1. The molecule has 26 heavy (non-hydrogen) atoms. The summed E-state index contributed by atoms with van der Waals surface area (Å²) >= 11 is 3.01. The Balaban J connectivity index is 1.69. The molecular weight excluding hydrogens is 390 g/mol. The van der Waals surface area contributed by atoms with Gasteiger partial charge in [0.1, 0.15) is 0 Å². The Morgan fingerprint density at radius 3 is 2.65 bits per heavy atom. The number of para-hydroxylation sites is 1. The van der Waals surface area contributed by atoms with Crippen molar-refractivity contribution < 1.29 is 13.2 Å². The minimum Gasteiger partial charge on any atom is -0.302 e. The molecule has 9 heteroatoms. The monoisotopic (exact) mass is 407 g/mol. The highest BCUT2D eigenvalue weighted by Gasteiger charge is 2.13. The molecule has 0 saturated carbocycles. The van der Waals surface area contributed by atoms with Crippen LogP contribution in [0.2, 0.25) is 0 Å². The van der Waals surface area contributed by atoms with Gasteiger partial charge in [0.05, 0.1) is 28.9 Å². The van der Waals surface area contributed by atoms with Crippen molar-refractivity contribution in [2.75, 3.05) is 16.3 Å². The van der Waals surface area contributed by atoms with Crippen LogP contribution in [-0.2, 0) is 21.2 Å². The number of nitrogens with one attached hydrogen (secondary N) is 2. The van der Waals surface area contributed by atoms with Gasteiger partial charge in [-0.05, 0) is 30.7 Å². The normalized spacial score (nSPS) is 11.3. The van der Waals surface area contributed by atoms with E-state index in [4.69, 9.17) is 0 Å². The Bertz CT molecular complexity index is 1040. The Morgan fingerprint density at radius 2 is 1.96 bits per heavy atom. The standard InChI is InChI=1S/C17H17N3O3S3/c1-11-7-8-15(25-11)14-10-24-17(18-14)19-16(21)9-12-5-3-4-6-13(12)20-26(2,22)23/h3-8,10,20H,9H2,1-2H3,(H,18,19,21). The molecule has 0 aliphatic carbocycles. The van der Waals surface area contributed by atoms with Crippen molar-refractivity contribution in [2.45, 2.75) is 13.3 Å². The van der Waals surface area contributed by atoms with Crippen LogP contribution in [0.1, 0.15) is 10.4 Å². The Morgan fingerprint density at radius 1 is 1.19 bits per heavy atom. The second-order valence-electron chi connectivity index (χ2n) is 5.70. The van der Waals surface area contributed by atoms with Gasteiger partial charge in [0.15, 0.2) is 5.13 Å². The highest BCUT2D eigenvalue weighted by atomic mass is 32.2. The van der Waals surface area contributed by atoms with Crippen LogP contribution in [0.3, 0.4) is 0 Å². The van der Waals surface area contributed by atoms with Crippen molar-refractivity contribution in [2.24, 2.45) is 0 Å². The van der Waals surface area contributed by atoms with Gasteiger partial charge in [-0.25, -0.2) is 13.4 Å². The van der Waals surface area contributed by atoms with Crippen molar-refractivity contribution in [3.63, 3.8) is 0 Å². The number of thiazole rings is 1. The fourth-order valence-electron chi connectivity index (χ4n) is 2.33. The number of hydrogen-bond donors (Lipinski definition) is 2.